The third kappa shape index (κ3) is 4.40. The van der Waals surface area contributed by atoms with Crippen LogP contribution in [0, 0.1) is 13.8 Å². The van der Waals surface area contributed by atoms with E-state index in [-0.39, 0.29) is 0 Å². The average molecular weight is 396 g/mol. The van der Waals surface area contributed by atoms with Crippen LogP contribution in [0.15, 0.2) is 50.9 Å². The number of aromatic nitrogens is 5. The average Bonchev–Trinajstić information content (AvgIpc) is 3.33. The monoisotopic (exact) mass is 395 g/mol. The molecular weight excluding hydrogens is 378 g/mol. The summed E-state index contributed by atoms with van der Waals surface area (Å²) < 4.78 is 6.35. The third-order valence-electron chi connectivity index (χ3n) is 3.95. The van der Waals surface area contributed by atoms with Crippen molar-refractivity contribution in [3.8, 4) is 11.6 Å². The van der Waals surface area contributed by atoms with Gasteiger partial charge in [0.1, 0.15) is 4.34 Å². The van der Waals surface area contributed by atoms with Crippen LogP contribution in [-0.4, -0.2) is 25.1 Å². The fraction of sp³-hybridized carbons (Fsp3) is 0.211. The van der Waals surface area contributed by atoms with Crippen LogP contribution in [0.1, 0.15) is 28.3 Å². The van der Waals surface area contributed by atoms with Gasteiger partial charge in [0, 0.05) is 23.5 Å². The minimum Gasteiger partial charge on any atom is -0.338 e. The van der Waals surface area contributed by atoms with Crippen molar-refractivity contribution < 1.29 is 4.52 Å². The number of thioether (sulfide) groups is 1. The van der Waals surface area contributed by atoms with Crippen molar-refractivity contribution in [2.75, 3.05) is 0 Å². The van der Waals surface area contributed by atoms with Gasteiger partial charge < -0.3 is 4.52 Å². The normalized spacial score (nSPS) is 11.0. The summed E-state index contributed by atoms with van der Waals surface area (Å²) in [4.78, 5) is 17.3. The van der Waals surface area contributed by atoms with Crippen molar-refractivity contribution in [1.29, 1.82) is 0 Å². The number of nitrogens with zero attached hydrogens (tertiary/aromatic N) is 5. The summed E-state index contributed by atoms with van der Waals surface area (Å²) in [7, 11) is 0. The predicted molar refractivity (Wildman–Crippen MR) is 106 cm³/mol. The Hall–Kier alpha value is -2.58. The molecular formula is C19H17N5OS2. The van der Waals surface area contributed by atoms with Crippen LogP contribution in [0.2, 0.25) is 0 Å². The minimum atomic E-state index is 0.394. The van der Waals surface area contributed by atoms with Crippen LogP contribution in [0.5, 0.6) is 0 Å². The molecule has 6 nitrogen and oxygen atoms in total. The topological polar surface area (TPSA) is 77.6 Å². The zero-order chi connectivity index (χ0) is 18.6. The van der Waals surface area contributed by atoms with Crippen LogP contribution in [0.4, 0.5) is 0 Å². The second kappa shape index (κ2) is 7.98. The molecule has 27 heavy (non-hydrogen) atoms. The van der Waals surface area contributed by atoms with Gasteiger partial charge in [0.15, 0.2) is 0 Å². The summed E-state index contributed by atoms with van der Waals surface area (Å²) in [6.07, 6.45) is 3.80. The Balaban J connectivity index is 1.40. The van der Waals surface area contributed by atoms with E-state index in [1.165, 1.54) is 16.7 Å². The van der Waals surface area contributed by atoms with Gasteiger partial charge in [0.25, 0.3) is 0 Å². The van der Waals surface area contributed by atoms with Crippen LogP contribution in [-0.2, 0) is 12.2 Å². The van der Waals surface area contributed by atoms with E-state index in [4.69, 9.17) is 4.52 Å². The maximum atomic E-state index is 5.31. The second-order valence-corrected chi connectivity index (χ2v) is 8.16. The number of benzene rings is 1. The molecule has 0 atom stereocenters. The molecule has 0 aliphatic heterocycles. The van der Waals surface area contributed by atoms with Crippen molar-refractivity contribution in [1.82, 2.24) is 25.1 Å². The van der Waals surface area contributed by atoms with Gasteiger partial charge in [0.05, 0.1) is 12.1 Å². The van der Waals surface area contributed by atoms with Crippen molar-refractivity contribution in [2.45, 2.75) is 30.4 Å². The summed E-state index contributed by atoms with van der Waals surface area (Å²) >= 11 is 3.39. The molecule has 136 valence electrons. The molecule has 1 aromatic carbocycles. The quantitative estimate of drug-likeness (QED) is 0.445. The summed E-state index contributed by atoms with van der Waals surface area (Å²) in [6.45, 7) is 4.26. The van der Waals surface area contributed by atoms with Gasteiger partial charge in [-0.15, -0.1) is 11.3 Å². The van der Waals surface area contributed by atoms with Crippen LogP contribution < -0.4 is 0 Å². The Morgan fingerprint density at radius 3 is 2.78 bits per heavy atom. The minimum absolute atomic E-state index is 0.394. The molecule has 0 unspecified atom stereocenters. The molecule has 0 aliphatic rings. The zero-order valence-corrected chi connectivity index (χ0v) is 16.5. The molecule has 3 heterocycles. The highest BCUT2D eigenvalue weighted by Crippen LogP contribution is 2.28. The first-order chi connectivity index (χ1) is 13.2. The first-order valence-electron chi connectivity index (χ1n) is 8.41. The number of aryl methyl sites for hydroxylation is 2. The first kappa shape index (κ1) is 17.8. The number of hydrogen-bond acceptors (Lipinski definition) is 8. The molecule has 0 N–H and O–H groups in total. The fourth-order valence-electron chi connectivity index (χ4n) is 2.52. The second-order valence-electron chi connectivity index (χ2n) is 6.08. The lowest BCUT2D eigenvalue weighted by molar-refractivity contribution is 0.384. The van der Waals surface area contributed by atoms with Crippen LogP contribution in [0.3, 0.4) is 0 Å². The Bertz CT molecular complexity index is 1050. The molecule has 0 saturated carbocycles. The van der Waals surface area contributed by atoms with E-state index in [2.05, 4.69) is 57.1 Å². The standard InChI is InChI=1S/C19H17N5OS2/c1-12-4-5-13(2)14(8-12)10-26-19-22-15(11-27-19)9-16-23-18(24-25-16)17-20-6-3-7-21-17/h3-8,11H,9-10H2,1-2H3. The first-order valence-corrected chi connectivity index (χ1v) is 10.3. The van der Waals surface area contributed by atoms with Gasteiger partial charge in [-0.05, 0) is 31.0 Å². The van der Waals surface area contributed by atoms with Gasteiger partial charge in [-0.1, -0.05) is 40.7 Å². The van der Waals surface area contributed by atoms with Crippen molar-refractivity contribution in [2.24, 2.45) is 0 Å². The van der Waals surface area contributed by atoms with E-state index in [1.807, 2.05) is 5.38 Å². The molecule has 0 saturated heterocycles. The van der Waals surface area contributed by atoms with E-state index in [1.54, 1.807) is 41.6 Å². The van der Waals surface area contributed by atoms with Crippen LogP contribution in [0.25, 0.3) is 11.6 Å². The number of rotatable bonds is 6. The maximum Gasteiger partial charge on any atom is 0.240 e. The molecule has 0 spiro atoms. The maximum absolute atomic E-state index is 5.31. The Morgan fingerprint density at radius 2 is 1.93 bits per heavy atom. The molecule has 0 fully saturated rings. The Labute approximate surface area is 165 Å². The van der Waals surface area contributed by atoms with E-state index < -0.39 is 0 Å². The molecule has 4 aromatic rings. The molecule has 3 aromatic heterocycles. The fourth-order valence-corrected chi connectivity index (χ4v) is 4.43. The van der Waals surface area contributed by atoms with Gasteiger partial charge in [-0.25, -0.2) is 15.0 Å². The summed E-state index contributed by atoms with van der Waals surface area (Å²) in [5.74, 6) is 2.27. The molecule has 8 heteroatoms. The highest BCUT2D eigenvalue weighted by atomic mass is 32.2. The van der Waals surface area contributed by atoms with E-state index >= 15 is 0 Å². The molecule has 0 radical (unpaired) electrons. The van der Waals surface area contributed by atoms with Crippen molar-refractivity contribution in [3.63, 3.8) is 0 Å². The largest absolute Gasteiger partial charge is 0.338 e. The third-order valence-corrected chi connectivity index (χ3v) is 6.07. The summed E-state index contributed by atoms with van der Waals surface area (Å²) in [5, 5.41) is 5.98. The number of hydrogen-bond donors (Lipinski definition) is 0. The Morgan fingerprint density at radius 1 is 1.07 bits per heavy atom. The molecule has 0 aliphatic carbocycles. The molecule has 0 amide bonds. The lowest BCUT2D eigenvalue weighted by Crippen LogP contribution is -1.91. The number of thiazole rings is 1. The lowest BCUT2D eigenvalue weighted by atomic mass is 10.1. The van der Waals surface area contributed by atoms with Crippen molar-refractivity contribution in [3.05, 3.63) is 70.3 Å². The summed E-state index contributed by atoms with van der Waals surface area (Å²) in [6, 6.07) is 8.30. The van der Waals surface area contributed by atoms with Crippen molar-refractivity contribution >= 4 is 23.1 Å². The van der Waals surface area contributed by atoms with Crippen LogP contribution >= 0.6 is 23.1 Å². The predicted octanol–water partition coefficient (Wildman–Crippen LogP) is 4.48. The Kier molecular flexibility index (Phi) is 5.26. The molecule has 4 rings (SSSR count). The smallest absolute Gasteiger partial charge is 0.240 e. The lowest BCUT2D eigenvalue weighted by Gasteiger charge is -2.05. The van der Waals surface area contributed by atoms with Gasteiger partial charge in [-0.2, -0.15) is 4.98 Å². The summed E-state index contributed by atoms with van der Waals surface area (Å²) in [5.41, 5.74) is 4.87. The highest BCUT2D eigenvalue weighted by Gasteiger charge is 2.13. The highest BCUT2D eigenvalue weighted by molar-refractivity contribution is 8.00. The van der Waals surface area contributed by atoms with E-state index in [9.17, 15) is 0 Å². The zero-order valence-electron chi connectivity index (χ0n) is 14.9. The van der Waals surface area contributed by atoms with Gasteiger partial charge in [0.2, 0.25) is 17.5 Å². The van der Waals surface area contributed by atoms with E-state index in [0.29, 0.717) is 24.0 Å². The molecule has 0 bridgehead atoms. The van der Waals surface area contributed by atoms with Gasteiger partial charge >= 0.3 is 0 Å². The van der Waals surface area contributed by atoms with Gasteiger partial charge in [-0.3, -0.25) is 0 Å². The van der Waals surface area contributed by atoms with E-state index in [0.717, 1.165) is 15.8 Å². The SMILES string of the molecule is Cc1ccc(C)c(CSc2nc(Cc3nc(-c4ncccn4)no3)cs2)c1.